The Morgan fingerprint density at radius 1 is 0.850 bits per heavy atom. The Kier molecular flexibility index (Phi) is 2.61. The van der Waals surface area contributed by atoms with Gasteiger partial charge in [-0.15, -0.1) is 0 Å². The average Bonchev–Trinajstić information content (AvgIpc) is 2.45. The molecule has 6 N–H and O–H groups in total. The maximum Gasteiger partial charge on any atom is 0.346 e. The summed E-state index contributed by atoms with van der Waals surface area (Å²) in [6.07, 6.45) is 0. The van der Waals surface area contributed by atoms with Crippen LogP contribution in [0.1, 0.15) is 0 Å². The van der Waals surface area contributed by atoms with Crippen molar-refractivity contribution in [3.05, 3.63) is 52.9 Å². The largest absolute Gasteiger partial charge is 0.420 e. The molecule has 0 radical (unpaired) electrons. The molecule has 5 nitrogen and oxygen atoms in total. The molecular formula is C15H13N3O2. The number of anilines is 3. The molecule has 0 fully saturated rings. The van der Waals surface area contributed by atoms with Crippen molar-refractivity contribution in [2.24, 2.45) is 0 Å². The molecule has 0 aliphatic carbocycles. The molecule has 0 atom stereocenters. The normalized spacial score (nSPS) is 10.8. The molecule has 1 aromatic heterocycles. The van der Waals surface area contributed by atoms with Gasteiger partial charge in [-0.05, 0) is 17.7 Å². The predicted octanol–water partition coefficient (Wildman–Crippen LogP) is 2.21. The Morgan fingerprint density at radius 2 is 1.55 bits per heavy atom. The Bertz CT molecular complexity index is 854. The summed E-state index contributed by atoms with van der Waals surface area (Å²) in [4.78, 5) is 12.2. The average molecular weight is 267 g/mol. The molecular weight excluding hydrogens is 254 g/mol. The molecule has 0 unspecified atom stereocenters. The first kappa shape index (κ1) is 12.1. The molecule has 5 heteroatoms. The van der Waals surface area contributed by atoms with E-state index in [1.807, 2.05) is 18.2 Å². The van der Waals surface area contributed by atoms with Crippen molar-refractivity contribution in [2.75, 3.05) is 17.2 Å². The molecule has 1 heterocycles. The Hall–Kier alpha value is -2.95. The smallest absolute Gasteiger partial charge is 0.346 e. The maximum absolute atomic E-state index is 12.2. The maximum atomic E-state index is 12.2. The van der Waals surface area contributed by atoms with Gasteiger partial charge in [0.05, 0.1) is 22.6 Å². The monoisotopic (exact) mass is 267 g/mol. The van der Waals surface area contributed by atoms with Crippen molar-refractivity contribution < 1.29 is 4.42 Å². The van der Waals surface area contributed by atoms with Crippen LogP contribution >= 0.6 is 0 Å². The molecule has 0 bridgehead atoms. The van der Waals surface area contributed by atoms with Gasteiger partial charge in [0.25, 0.3) is 0 Å². The molecule has 20 heavy (non-hydrogen) atoms. The lowest BCUT2D eigenvalue weighted by Gasteiger charge is -2.10. The number of hydrogen-bond donors (Lipinski definition) is 3. The SMILES string of the molecule is Nc1ccc2c(N)c(-c3ccccc3)c(=O)oc2c1N. The quantitative estimate of drug-likeness (QED) is 0.462. The predicted molar refractivity (Wildman–Crippen MR) is 81.2 cm³/mol. The highest BCUT2D eigenvalue weighted by Gasteiger charge is 2.16. The summed E-state index contributed by atoms with van der Waals surface area (Å²) >= 11 is 0. The van der Waals surface area contributed by atoms with E-state index in [0.29, 0.717) is 27.9 Å². The van der Waals surface area contributed by atoms with Crippen LogP contribution in [0.5, 0.6) is 0 Å². The minimum absolute atomic E-state index is 0.228. The van der Waals surface area contributed by atoms with Crippen LogP contribution in [0.15, 0.2) is 51.7 Å². The minimum Gasteiger partial charge on any atom is -0.420 e. The number of fused-ring (bicyclic) bond motifs is 1. The lowest BCUT2D eigenvalue weighted by atomic mass is 10.0. The van der Waals surface area contributed by atoms with Gasteiger partial charge in [-0.25, -0.2) is 4.79 Å². The van der Waals surface area contributed by atoms with E-state index in [1.165, 1.54) is 0 Å². The van der Waals surface area contributed by atoms with E-state index in [0.717, 1.165) is 0 Å². The zero-order valence-electron chi connectivity index (χ0n) is 10.6. The lowest BCUT2D eigenvalue weighted by Crippen LogP contribution is -2.09. The summed E-state index contributed by atoms with van der Waals surface area (Å²) in [5.74, 6) is 0. The highest BCUT2D eigenvalue weighted by atomic mass is 16.4. The highest BCUT2D eigenvalue weighted by Crippen LogP contribution is 2.34. The number of nitrogen functional groups attached to an aromatic ring is 3. The molecule has 0 spiro atoms. The highest BCUT2D eigenvalue weighted by molar-refractivity contribution is 6.03. The summed E-state index contributed by atoms with van der Waals surface area (Å²) in [5.41, 5.74) is 19.3. The van der Waals surface area contributed by atoms with Crippen LogP contribution < -0.4 is 22.8 Å². The van der Waals surface area contributed by atoms with E-state index in [1.54, 1.807) is 24.3 Å². The molecule has 0 saturated carbocycles. The third-order valence-corrected chi connectivity index (χ3v) is 3.25. The Morgan fingerprint density at radius 3 is 2.25 bits per heavy atom. The minimum atomic E-state index is -0.529. The molecule has 3 aromatic rings. The number of benzene rings is 2. The van der Waals surface area contributed by atoms with Crippen LogP contribution in [0.25, 0.3) is 22.1 Å². The fourth-order valence-electron chi connectivity index (χ4n) is 2.20. The van der Waals surface area contributed by atoms with E-state index >= 15 is 0 Å². The van der Waals surface area contributed by atoms with Crippen molar-refractivity contribution in [3.63, 3.8) is 0 Å². The second-order valence-corrected chi connectivity index (χ2v) is 4.49. The summed E-state index contributed by atoms with van der Waals surface area (Å²) in [6.45, 7) is 0. The van der Waals surface area contributed by atoms with Crippen molar-refractivity contribution in [1.29, 1.82) is 0 Å². The molecule has 3 rings (SSSR count). The van der Waals surface area contributed by atoms with E-state index < -0.39 is 5.63 Å². The summed E-state index contributed by atoms with van der Waals surface area (Å²) in [5, 5.41) is 0.579. The first-order valence-corrected chi connectivity index (χ1v) is 6.05. The second-order valence-electron chi connectivity index (χ2n) is 4.49. The summed E-state index contributed by atoms with van der Waals surface area (Å²) < 4.78 is 5.30. The van der Waals surface area contributed by atoms with Gasteiger partial charge in [0.2, 0.25) is 0 Å². The molecule has 2 aromatic carbocycles. The van der Waals surface area contributed by atoms with Gasteiger partial charge in [0.1, 0.15) is 0 Å². The van der Waals surface area contributed by atoms with Crippen LogP contribution in [0.4, 0.5) is 17.1 Å². The third kappa shape index (κ3) is 1.68. The van der Waals surface area contributed by atoms with E-state index in [2.05, 4.69) is 0 Å². The van der Waals surface area contributed by atoms with Gasteiger partial charge >= 0.3 is 5.63 Å². The molecule has 100 valence electrons. The van der Waals surface area contributed by atoms with Crippen LogP contribution in [-0.2, 0) is 0 Å². The third-order valence-electron chi connectivity index (χ3n) is 3.25. The van der Waals surface area contributed by atoms with Crippen molar-refractivity contribution in [3.8, 4) is 11.1 Å². The molecule has 0 aliphatic rings. The van der Waals surface area contributed by atoms with Crippen molar-refractivity contribution >= 4 is 28.0 Å². The van der Waals surface area contributed by atoms with E-state index in [9.17, 15) is 4.79 Å². The molecule has 0 aliphatic heterocycles. The van der Waals surface area contributed by atoms with Crippen LogP contribution in [0.2, 0.25) is 0 Å². The molecule has 0 saturated heterocycles. The zero-order valence-corrected chi connectivity index (χ0v) is 10.6. The van der Waals surface area contributed by atoms with E-state index in [-0.39, 0.29) is 11.3 Å². The van der Waals surface area contributed by atoms with Gasteiger partial charge in [0.15, 0.2) is 5.58 Å². The lowest BCUT2D eigenvalue weighted by molar-refractivity contribution is 0.565. The van der Waals surface area contributed by atoms with Gasteiger partial charge in [0, 0.05) is 5.39 Å². The Labute approximate surface area is 114 Å². The summed E-state index contributed by atoms with van der Waals surface area (Å²) in [7, 11) is 0. The van der Waals surface area contributed by atoms with E-state index in [4.69, 9.17) is 21.6 Å². The van der Waals surface area contributed by atoms with Gasteiger partial charge in [-0.3, -0.25) is 0 Å². The first-order valence-electron chi connectivity index (χ1n) is 6.05. The van der Waals surface area contributed by atoms with Crippen molar-refractivity contribution in [1.82, 2.24) is 0 Å². The number of nitrogens with two attached hydrogens (primary N) is 3. The Balaban J connectivity index is 2.43. The van der Waals surface area contributed by atoms with Gasteiger partial charge in [-0.2, -0.15) is 0 Å². The van der Waals surface area contributed by atoms with Crippen LogP contribution in [-0.4, -0.2) is 0 Å². The van der Waals surface area contributed by atoms with Crippen LogP contribution in [0.3, 0.4) is 0 Å². The molecule has 0 amide bonds. The fourth-order valence-corrected chi connectivity index (χ4v) is 2.20. The van der Waals surface area contributed by atoms with Crippen molar-refractivity contribution in [2.45, 2.75) is 0 Å². The number of hydrogen-bond acceptors (Lipinski definition) is 5. The topological polar surface area (TPSA) is 108 Å². The second kappa shape index (κ2) is 4.31. The number of rotatable bonds is 1. The zero-order chi connectivity index (χ0) is 14.3. The van der Waals surface area contributed by atoms with Crippen LogP contribution in [0, 0.1) is 0 Å². The van der Waals surface area contributed by atoms with Gasteiger partial charge in [-0.1, -0.05) is 30.3 Å². The first-order chi connectivity index (χ1) is 9.59. The standard InChI is InChI=1S/C15H13N3O2/c16-10-7-6-9-12(17)11(8-4-2-1-3-5-8)15(19)20-14(9)13(10)18/h1-7H,16-18H2. The summed E-state index contributed by atoms with van der Waals surface area (Å²) in [6, 6.07) is 12.5. The van der Waals surface area contributed by atoms with Gasteiger partial charge < -0.3 is 21.6 Å². The fraction of sp³-hybridized carbons (Fsp3) is 0.